The van der Waals surface area contributed by atoms with E-state index in [0.717, 1.165) is 29.3 Å². The molecule has 4 N–H and O–H groups in total. The van der Waals surface area contributed by atoms with Crippen molar-refractivity contribution in [2.75, 3.05) is 15.5 Å². The zero-order chi connectivity index (χ0) is 35.8. The molecule has 0 saturated carbocycles. The van der Waals surface area contributed by atoms with Gasteiger partial charge in [-0.2, -0.15) is 39.5 Å². The van der Waals surface area contributed by atoms with E-state index in [4.69, 9.17) is 5.11 Å². The first-order chi connectivity index (χ1) is 22.2. The van der Waals surface area contributed by atoms with Crippen LogP contribution in [0.2, 0.25) is 0 Å². The van der Waals surface area contributed by atoms with Crippen LogP contribution in [0.5, 0.6) is 0 Å². The number of aliphatic carboxylic acids is 1. The van der Waals surface area contributed by atoms with Gasteiger partial charge in [0.15, 0.2) is 0 Å². The molecule has 4 rings (SSSR count). The molecule has 1 amide bonds. The lowest BCUT2D eigenvalue weighted by Crippen LogP contribution is -2.45. The van der Waals surface area contributed by atoms with Crippen LogP contribution < -0.4 is 15.5 Å². The Morgan fingerprint density at radius 2 is 1.54 bits per heavy atom. The van der Waals surface area contributed by atoms with Crippen LogP contribution in [-0.4, -0.2) is 44.3 Å². The molecule has 2 heterocycles. The van der Waals surface area contributed by atoms with Crippen LogP contribution in [0.25, 0.3) is 0 Å². The summed E-state index contributed by atoms with van der Waals surface area (Å²) in [6.07, 6.45) is -16.2. The molecule has 48 heavy (non-hydrogen) atoms. The first-order valence-electron chi connectivity index (χ1n) is 14.3. The van der Waals surface area contributed by atoms with Crippen LogP contribution in [-0.2, 0) is 29.7 Å². The van der Waals surface area contributed by atoms with E-state index in [1.807, 2.05) is 0 Å². The molecule has 3 atom stereocenters. The van der Waals surface area contributed by atoms with E-state index in [9.17, 15) is 54.2 Å². The Kier molecular flexibility index (Phi) is 10.1. The molecule has 0 spiro atoms. The van der Waals surface area contributed by atoms with Crippen LogP contribution in [0.3, 0.4) is 0 Å². The van der Waals surface area contributed by atoms with Gasteiger partial charge in [-0.05, 0) is 67.3 Å². The Bertz CT molecular complexity index is 1650. The summed E-state index contributed by atoms with van der Waals surface area (Å²) >= 11 is 0. The number of halogens is 9. The number of fused-ring (bicyclic) bond motifs is 1. The minimum absolute atomic E-state index is 0.0211. The van der Waals surface area contributed by atoms with Gasteiger partial charge < -0.3 is 20.8 Å². The predicted octanol–water partition coefficient (Wildman–Crippen LogP) is 8.22. The number of nitrogens with zero attached hydrogens (tertiary/aromatic N) is 3. The number of carboxylic acids is 1. The van der Waals surface area contributed by atoms with Gasteiger partial charge in [-0.3, -0.25) is 9.69 Å². The number of nitrogens with one attached hydrogen (secondary N) is 2. The maximum absolute atomic E-state index is 13.6. The second-order valence-corrected chi connectivity index (χ2v) is 11.2. The molecule has 0 bridgehead atoms. The van der Waals surface area contributed by atoms with Crippen molar-refractivity contribution in [1.82, 2.24) is 9.97 Å². The molecule has 1 aromatic heterocycles. The summed E-state index contributed by atoms with van der Waals surface area (Å²) < 4.78 is 122. The SMILES string of the molecule is CC[C@@H]1C[C@H](Nc2ncc(NC(C)CC(=O)O)c(Cc3cc(C(F)(F)F)cc(C(F)(F)F)c3)n2)c2cc(C(F)(F)F)ccc2N1C(=O)O. The number of carboxylic acid groups (broad SMARTS) is 2. The molecule has 18 heteroatoms. The van der Waals surface area contributed by atoms with Crippen LogP contribution in [0.15, 0.2) is 42.6 Å². The fourth-order valence-electron chi connectivity index (χ4n) is 5.47. The first kappa shape index (κ1) is 36.1. The summed E-state index contributed by atoms with van der Waals surface area (Å²) in [7, 11) is 0. The lowest BCUT2D eigenvalue weighted by molar-refractivity contribution is -0.143. The lowest BCUT2D eigenvalue weighted by Gasteiger charge is -2.39. The smallest absolute Gasteiger partial charge is 0.416 e. The Balaban J connectivity index is 1.81. The lowest BCUT2D eigenvalue weighted by atomic mass is 9.89. The number of benzene rings is 2. The van der Waals surface area contributed by atoms with Gasteiger partial charge in [0.2, 0.25) is 5.95 Å². The third kappa shape index (κ3) is 8.38. The maximum Gasteiger partial charge on any atom is 0.416 e. The van der Waals surface area contributed by atoms with E-state index in [1.54, 1.807) is 6.92 Å². The highest BCUT2D eigenvalue weighted by molar-refractivity contribution is 5.89. The van der Waals surface area contributed by atoms with Gasteiger partial charge in [-0.25, -0.2) is 14.8 Å². The van der Waals surface area contributed by atoms with Gasteiger partial charge in [-0.1, -0.05) is 6.92 Å². The predicted molar refractivity (Wildman–Crippen MR) is 154 cm³/mol. The highest BCUT2D eigenvalue weighted by atomic mass is 19.4. The van der Waals surface area contributed by atoms with Crippen LogP contribution >= 0.6 is 0 Å². The number of carbonyl (C=O) groups is 2. The fourth-order valence-corrected chi connectivity index (χ4v) is 5.47. The Hall–Kier alpha value is -4.77. The first-order valence-corrected chi connectivity index (χ1v) is 14.3. The molecule has 1 aliphatic rings. The summed E-state index contributed by atoms with van der Waals surface area (Å²) in [6, 6.07) is 1.02. The van der Waals surface area contributed by atoms with Crippen molar-refractivity contribution >= 4 is 29.4 Å². The number of amides is 1. The van der Waals surface area contributed by atoms with Crippen molar-refractivity contribution in [2.45, 2.75) is 76.2 Å². The molecule has 2 aromatic carbocycles. The van der Waals surface area contributed by atoms with Crippen LogP contribution in [0.1, 0.15) is 72.7 Å². The number of hydrogen-bond donors (Lipinski definition) is 4. The van der Waals surface area contributed by atoms with E-state index in [1.165, 1.54) is 6.92 Å². The Morgan fingerprint density at radius 3 is 2.06 bits per heavy atom. The number of anilines is 3. The molecule has 3 aromatic rings. The summed E-state index contributed by atoms with van der Waals surface area (Å²) in [5.41, 5.74) is -4.92. The molecule has 0 aliphatic carbocycles. The van der Waals surface area contributed by atoms with Crippen LogP contribution in [0, 0.1) is 0 Å². The van der Waals surface area contributed by atoms with Crippen molar-refractivity contribution in [3.63, 3.8) is 0 Å². The van der Waals surface area contributed by atoms with E-state index in [0.29, 0.717) is 12.1 Å². The number of aromatic nitrogens is 2. The van der Waals surface area contributed by atoms with Crippen molar-refractivity contribution < 1.29 is 59.3 Å². The van der Waals surface area contributed by atoms with Crippen molar-refractivity contribution in [2.24, 2.45) is 0 Å². The van der Waals surface area contributed by atoms with Gasteiger partial charge in [0, 0.05) is 18.5 Å². The molecule has 0 saturated heterocycles. The van der Waals surface area contributed by atoms with Gasteiger partial charge in [0.05, 0.1) is 52.4 Å². The fraction of sp³-hybridized carbons (Fsp3) is 0.400. The standard InChI is InChI=1S/C30H28F9N5O4/c1-3-19-12-21(20-11-16(28(31,32)33)4-5-24(20)44(19)27(47)48)42-26-40-13-23(41-14(2)6-25(45)46)22(43-26)9-15-7-17(29(34,35)36)10-18(8-15)30(37,38)39/h4-5,7-8,10-11,13-14,19,21,41H,3,6,9,12H2,1-2H3,(H,45,46)(H,47,48)(H,40,42,43)/t14?,19-,21+/m1/s1. The zero-order valence-electron chi connectivity index (χ0n) is 25.1. The molecule has 1 aliphatic heterocycles. The van der Waals surface area contributed by atoms with Gasteiger partial charge in [-0.15, -0.1) is 0 Å². The van der Waals surface area contributed by atoms with Gasteiger partial charge >= 0.3 is 30.6 Å². The second-order valence-electron chi connectivity index (χ2n) is 11.2. The van der Waals surface area contributed by atoms with E-state index in [-0.39, 0.29) is 47.5 Å². The third-order valence-electron chi connectivity index (χ3n) is 7.61. The quantitative estimate of drug-likeness (QED) is 0.165. The second kappa shape index (κ2) is 13.4. The minimum Gasteiger partial charge on any atom is -0.481 e. The highest BCUT2D eigenvalue weighted by Gasteiger charge is 2.40. The van der Waals surface area contributed by atoms with Crippen molar-refractivity contribution in [3.8, 4) is 0 Å². The summed E-state index contributed by atoms with van der Waals surface area (Å²) in [5, 5.41) is 24.6. The molecule has 0 fully saturated rings. The average molecular weight is 694 g/mol. The average Bonchev–Trinajstić information content (AvgIpc) is 2.95. The topological polar surface area (TPSA) is 128 Å². The van der Waals surface area contributed by atoms with Crippen LogP contribution in [0.4, 0.5) is 61.6 Å². The largest absolute Gasteiger partial charge is 0.481 e. The van der Waals surface area contributed by atoms with Gasteiger partial charge in [0.1, 0.15) is 0 Å². The Labute approximate surface area is 266 Å². The van der Waals surface area contributed by atoms with E-state index < -0.39 is 83.8 Å². The van der Waals surface area contributed by atoms with E-state index >= 15 is 0 Å². The van der Waals surface area contributed by atoms with Gasteiger partial charge in [0.25, 0.3) is 0 Å². The molecule has 1 unspecified atom stereocenters. The molecular formula is C30H28F9N5O4. The van der Waals surface area contributed by atoms with Crippen molar-refractivity contribution in [1.29, 1.82) is 0 Å². The number of alkyl halides is 9. The molecule has 0 radical (unpaired) electrons. The van der Waals surface area contributed by atoms with E-state index in [2.05, 4.69) is 20.6 Å². The van der Waals surface area contributed by atoms with Crippen molar-refractivity contribution in [3.05, 3.63) is 76.1 Å². The monoisotopic (exact) mass is 693 g/mol. The molecular weight excluding hydrogens is 665 g/mol. The molecule has 9 nitrogen and oxygen atoms in total. The molecule has 260 valence electrons. The summed E-state index contributed by atoms with van der Waals surface area (Å²) in [6.45, 7) is 3.12. The number of rotatable bonds is 9. The third-order valence-corrected chi connectivity index (χ3v) is 7.61. The normalized spacial score (nSPS) is 17.4. The summed E-state index contributed by atoms with van der Waals surface area (Å²) in [4.78, 5) is 32.7. The minimum atomic E-state index is -5.13. The summed E-state index contributed by atoms with van der Waals surface area (Å²) in [5.74, 6) is -1.49. The number of hydrogen-bond acceptors (Lipinski definition) is 6. The Morgan fingerprint density at radius 1 is 0.938 bits per heavy atom. The highest BCUT2D eigenvalue weighted by Crippen LogP contribution is 2.43. The zero-order valence-corrected chi connectivity index (χ0v) is 25.1. The maximum atomic E-state index is 13.6.